The van der Waals surface area contributed by atoms with Crippen LogP contribution in [0.3, 0.4) is 0 Å². The summed E-state index contributed by atoms with van der Waals surface area (Å²) in [5.41, 5.74) is -0.873. The minimum atomic E-state index is -4.70. The Kier molecular flexibility index (Phi) is 9.67. The Balaban J connectivity index is 0.00000226. The molecule has 0 unspecified atom stereocenters. The number of phenols is 1. The van der Waals surface area contributed by atoms with Gasteiger partial charge in [0.1, 0.15) is 17.1 Å². The number of halogens is 2. The van der Waals surface area contributed by atoms with Crippen LogP contribution in [0.5, 0.6) is 11.5 Å². The summed E-state index contributed by atoms with van der Waals surface area (Å²) in [6.07, 6.45) is 0.322. The second kappa shape index (κ2) is 13.3. The molecular weight excluding hydrogens is 615 g/mol. The molecule has 3 aromatic carbocycles. The number of phosphoric acid groups is 1. The molecule has 1 amide bonds. The van der Waals surface area contributed by atoms with Gasteiger partial charge in [0.05, 0.1) is 5.56 Å². The predicted molar refractivity (Wildman–Crippen MR) is 160 cm³/mol. The first-order chi connectivity index (χ1) is 21.3. The summed E-state index contributed by atoms with van der Waals surface area (Å²) in [6, 6.07) is 13.1. The lowest BCUT2D eigenvalue weighted by Crippen LogP contribution is -2.26. The smallest absolute Gasteiger partial charge is 0.505 e. The number of hydrogen-bond donors (Lipinski definition) is 5. The van der Waals surface area contributed by atoms with Gasteiger partial charge in [-0.25, -0.2) is 18.1 Å². The zero-order valence-electron chi connectivity index (χ0n) is 23.7. The highest BCUT2D eigenvalue weighted by Crippen LogP contribution is 2.43. The van der Waals surface area contributed by atoms with Crippen LogP contribution in [0.25, 0.3) is 33.4 Å². The highest BCUT2D eigenvalue weighted by Gasteiger charge is 2.25. The summed E-state index contributed by atoms with van der Waals surface area (Å²) in [6.45, 7) is 4.12. The Morgan fingerprint density at radius 1 is 0.933 bits per heavy atom. The summed E-state index contributed by atoms with van der Waals surface area (Å²) in [5.74, 6) is -5.22. The van der Waals surface area contributed by atoms with Crippen LogP contribution in [0.15, 0.2) is 75.9 Å². The van der Waals surface area contributed by atoms with E-state index in [1.54, 1.807) is 12.1 Å². The third kappa shape index (κ3) is 7.35. The molecule has 0 saturated carbocycles. The average molecular weight is 642 g/mol. The number of carboxylic acids is 1. The number of nitrogens with one attached hydrogen (secondary N) is 1. The van der Waals surface area contributed by atoms with Gasteiger partial charge in [-0.3, -0.25) is 19.4 Å². The minimum absolute atomic E-state index is 0.00425. The molecule has 0 bridgehead atoms. The van der Waals surface area contributed by atoms with E-state index in [1.807, 2.05) is 13.8 Å². The van der Waals surface area contributed by atoms with Crippen molar-refractivity contribution in [1.29, 1.82) is 0 Å². The first-order valence-corrected chi connectivity index (χ1v) is 14.9. The molecular formula is C31H26F2NO10P. The SMILES string of the molecule is CC.O=C(NCCc1ccc(OP(=O)(O)O)cc1)c1ccc(-c2c3cc(F)c(=O)cc-3oc3cc(O)c(F)cc23)c(C(=O)O)c1. The van der Waals surface area contributed by atoms with E-state index < -0.39 is 42.5 Å². The van der Waals surface area contributed by atoms with E-state index in [4.69, 9.17) is 14.2 Å². The summed E-state index contributed by atoms with van der Waals surface area (Å²) in [5, 5.41) is 22.5. The predicted octanol–water partition coefficient (Wildman–Crippen LogP) is 5.72. The highest BCUT2D eigenvalue weighted by atomic mass is 31.2. The number of fused-ring (bicyclic) bond motifs is 2. The fourth-order valence-electron chi connectivity index (χ4n) is 4.55. The average Bonchev–Trinajstić information content (AvgIpc) is 2.98. The van der Waals surface area contributed by atoms with Crippen LogP contribution in [0.1, 0.15) is 40.1 Å². The summed E-state index contributed by atoms with van der Waals surface area (Å²) < 4.78 is 49.8. The Labute approximate surface area is 253 Å². The van der Waals surface area contributed by atoms with E-state index in [1.165, 1.54) is 24.3 Å². The van der Waals surface area contributed by atoms with Crippen LogP contribution in [0, 0.1) is 11.6 Å². The zero-order valence-corrected chi connectivity index (χ0v) is 24.6. The van der Waals surface area contributed by atoms with Crippen LogP contribution < -0.4 is 15.3 Å². The quantitative estimate of drug-likeness (QED) is 0.104. The van der Waals surface area contributed by atoms with Crippen molar-refractivity contribution in [2.24, 2.45) is 0 Å². The Hall–Kier alpha value is -5.10. The molecule has 0 fully saturated rings. The van der Waals surface area contributed by atoms with Gasteiger partial charge in [0.2, 0.25) is 5.43 Å². The van der Waals surface area contributed by atoms with Crippen molar-refractivity contribution in [2.45, 2.75) is 20.3 Å². The second-order valence-corrected chi connectivity index (χ2v) is 10.5. The molecule has 5 rings (SSSR count). The molecule has 0 spiro atoms. The molecule has 0 radical (unpaired) electrons. The molecule has 14 heteroatoms. The van der Waals surface area contributed by atoms with Crippen molar-refractivity contribution < 1.29 is 51.9 Å². The lowest BCUT2D eigenvalue weighted by atomic mass is 9.89. The Morgan fingerprint density at radius 3 is 2.27 bits per heavy atom. The van der Waals surface area contributed by atoms with Gasteiger partial charge in [-0.15, -0.1) is 0 Å². The van der Waals surface area contributed by atoms with Crippen molar-refractivity contribution >= 4 is 30.7 Å². The normalized spacial score (nSPS) is 11.2. The van der Waals surface area contributed by atoms with Crippen LogP contribution in [0.2, 0.25) is 0 Å². The molecule has 0 aromatic heterocycles. The van der Waals surface area contributed by atoms with E-state index in [0.717, 1.165) is 30.3 Å². The van der Waals surface area contributed by atoms with Gasteiger partial charge in [0.25, 0.3) is 5.91 Å². The Morgan fingerprint density at radius 2 is 1.62 bits per heavy atom. The number of benzene rings is 4. The third-order valence-corrected chi connectivity index (χ3v) is 6.92. The van der Waals surface area contributed by atoms with Crippen LogP contribution >= 0.6 is 7.82 Å². The maximum atomic E-state index is 14.4. The molecule has 11 nitrogen and oxygen atoms in total. The molecule has 0 atom stereocenters. The summed E-state index contributed by atoms with van der Waals surface area (Å²) >= 11 is 0. The molecule has 45 heavy (non-hydrogen) atoms. The van der Waals surface area contributed by atoms with Crippen LogP contribution in [-0.2, 0) is 11.0 Å². The molecule has 1 aliphatic carbocycles. The number of carbonyl (C=O) groups excluding carboxylic acids is 1. The molecule has 1 heterocycles. The fraction of sp³-hybridized carbons (Fsp3) is 0.129. The maximum Gasteiger partial charge on any atom is 0.524 e. The molecule has 1 aliphatic heterocycles. The van der Waals surface area contributed by atoms with Gasteiger partial charge < -0.3 is 24.5 Å². The van der Waals surface area contributed by atoms with Crippen LogP contribution in [-0.4, -0.2) is 38.4 Å². The Bertz CT molecular complexity index is 1990. The number of hydrogen-bond acceptors (Lipinski definition) is 7. The van der Waals surface area contributed by atoms with Gasteiger partial charge >= 0.3 is 13.8 Å². The standard InChI is InChI=1S/C29H20F2NO10P.C2H6/c30-21-10-19-25(12-23(21)33)41-26-13-24(34)22(31)11-20(26)27(19)17-6-3-15(9-18(17)29(36)37)28(35)32-8-7-14-1-4-16(5-2-14)42-43(38,39)40;1-2/h1-6,9-13,33H,7-8H2,(H,32,35)(H,36,37)(H2,38,39,40);1-2H3. The number of carboxylic acid groups (broad SMARTS) is 1. The summed E-state index contributed by atoms with van der Waals surface area (Å²) in [4.78, 5) is 54.9. The van der Waals surface area contributed by atoms with Crippen molar-refractivity contribution in [2.75, 3.05) is 6.54 Å². The van der Waals surface area contributed by atoms with E-state index >= 15 is 0 Å². The number of phenolic OH excluding ortho intramolecular Hbond substituents is 1. The van der Waals surface area contributed by atoms with Crippen molar-refractivity contribution in [3.63, 3.8) is 0 Å². The molecule has 5 N–H and O–H groups in total. The zero-order chi connectivity index (χ0) is 33.1. The molecule has 3 aromatic rings. The number of amides is 1. The van der Waals surface area contributed by atoms with Crippen molar-refractivity contribution in [1.82, 2.24) is 5.32 Å². The molecule has 234 valence electrons. The maximum absolute atomic E-state index is 14.4. The van der Waals surface area contributed by atoms with Crippen molar-refractivity contribution in [3.8, 4) is 33.9 Å². The van der Waals surface area contributed by atoms with Gasteiger partial charge in [0, 0.05) is 40.8 Å². The summed E-state index contributed by atoms with van der Waals surface area (Å²) in [7, 11) is -4.70. The van der Waals surface area contributed by atoms with E-state index in [2.05, 4.69) is 9.84 Å². The van der Waals surface area contributed by atoms with E-state index in [9.17, 15) is 37.9 Å². The first kappa shape index (κ1) is 32.8. The van der Waals surface area contributed by atoms with Gasteiger partial charge in [-0.05, 0) is 53.9 Å². The molecule has 2 aliphatic rings. The third-order valence-electron chi connectivity index (χ3n) is 6.47. The first-order valence-electron chi connectivity index (χ1n) is 13.4. The van der Waals surface area contributed by atoms with Gasteiger partial charge in [-0.2, -0.15) is 0 Å². The molecule has 0 saturated heterocycles. The lowest BCUT2D eigenvalue weighted by Gasteiger charge is -2.17. The minimum Gasteiger partial charge on any atom is -0.505 e. The highest BCUT2D eigenvalue weighted by molar-refractivity contribution is 7.46. The van der Waals surface area contributed by atoms with Crippen molar-refractivity contribution in [3.05, 3.63) is 105 Å². The number of carbonyl (C=O) groups is 2. The topological polar surface area (TPSA) is 184 Å². The lowest BCUT2D eigenvalue weighted by molar-refractivity contribution is 0.0697. The van der Waals surface area contributed by atoms with E-state index in [0.29, 0.717) is 12.0 Å². The number of aromatic carboxylic acids is 1. The van der Waals surface area contributed by atoms with E-state index in [-0.39, 0.29) is 56.8 Å². The van der Waals surface area contributed by atoms with Gasteiger partial charge in [-0.1, -0.05) is 32.0 Å². The largest absolute Gasteiger partial charge is 0.524 e. The number of aromatic hydroxyl groups is 1. The second-order valence-electron chi connectivity index (χ2n) is 9.35. The van der Waals surface area contributed by atoms with Gasteiger partial charge in [0.15, 0.2) is 17.4 Å². The number of phosphoric ester groups is 1. The fourth-order valence-corrected chi connectivity index (χ4v) is 4.94. The monoisotopic (exact) mass is 641 g/mol. The van der Waals surface area contributed by atoms with Crippen LogP contribution in [0.4, 0.5) is 8.78 Å². The number of rotatable bonds is 8.